The van der Waals surface area contributed by atoms with Crippen molar-refractivity contribution in [2.75, 3.05) is 5.75 Å². The molecule has 2 aromatic rings. The first-order valence-electron chi connectivity index (χ1n) is 7.58. The summed E-state index contributed by atoms with van der Waals surface area (Å²) in [5.74, 6) is -1.11. The Kier molecular flexibility index (Phi) is 4.96. The highest BCUT2D eigenvalue weighted by molar-refractivity contribution is 8.00. The topological polar surface area (TPSA) is 29.1 Å². The Morgan fingerprint density at radius 3 is 2.91 bits per heavy atom. The summed E-state index contributed by atoms with van der Waals surface area (Å²) >= 11 is 1.01. The normalized spacial score (nSPS) is 16.7. The first-order valence-corrected chi connectivity index (χ1v) is 8.57. The van der Waals surface area contributed by atoms with Crippen LogP contribution in [0.3, 0.4) is 0 Å². The van der Waals surface area contributed by atoms with E-state index < -0.39 is 11.6 Å². The maximum absolute atomic E-state index is 13.6. The third-order valence-electron chi connectivity index (χ3n) is 3.96. The van der Waals surface area contributed by atoms with E-state index in [2.05, 4.69) is 11.4 Å². The molecule has 0 fully saturated rings. The predicted molar refractivity (Wildman–Crippen MR) is 87.3 cm³/mol. The van der Waals surface area contributed by atoms with Crippen LogP contribution in [-0.2, 0) is 11.2 Å². The standard InChI is InChI=1S/C18H17F2NOS/c19-13-8-9-15(20)17(10-13)23-11-18(22)21-16-7-3-5-12-4-1-2-6-14(12)16/h1-2,4,6,8-10,16H,3,5,7,11H2,(H,21,22)/t16-/m1/s1. The molecule has 3 rings (SSSR count). The van der Waals surface area contributed by atoms with Crippen LogP contribution in [0.5, 0.6) is 0 Å². The Balaban J connectivity index is 1.61. The number of carbonyl (C=O) groups is 1. The number of hydrogen-bond acceptors (Lipinski definition) is 2. The number of benzene rings is 2. The largest absolute Gasteiger partial charge is 0.349 e. The summed E-state index contributed by atoms with van der Waals surface area (Å²) in [6, 6.07) is 11.4. The number of amides is 1. The third kappa shape index (κ3) is 3.91. The fourth-order valence-electron chi connectivity index (χ4n) is 2.87. The van der Waals surface area contributed by atoms with Crippen molar-refractivity contribution in [2.24, 2.45) is 0 Å². The van der Waals surface area contributed by atoms with E-state index in [1.807, 2.05) is 18.2 Å². The Morgan fingerprint density at radius 2 is 2.04 bits per heavy atom. The zero-order valence-corrected chi connectivity index (χ0v) is 13.3. The highest BCUT2D eigenvalue weighted by Crippen LogP contribution is 2.30. The predicted octanol–water partition coefficient (Wildman–Crippen LogP) is 4.25. The molecule has 0 aromatic heterocycles. The summed E-state index contributed by atoms with van der Waals surface area (Å²) in [7, 11) is 0. The lowest BCUT2D eigenvalue weighted by molar-refractivity contribution is -0.119. The average molecular weight is 333 g/mol. The molecule has 0 bridgehead atoms. The highest BCUT2D eigenvalue weighted by atomic mass is 32.2. The fourth-order valence-corrected chi connectivity index (χ4v) is 3.64. The van der Waals surface area contributed by atoms with Gasteiger partial charge in [-0.2, -0.15) is 0 Å². The summed E-state index contributed by atoms with van der Waals surface area (Å²) in [4.78, 5) is 12.3. The van der Waals surface area contributed by atoms with E-state index in [4.69, 9.17) is 0 Å². The molecule has 23 heavy (non-hydrogen) atoms. The molecule has 1 aliphatic rings. The number of nitrogens with one attached hydrogen (secondary N) is 1. The van der Waals surface area contributed by atoms with Crippen LogP contribution >= 0.6 is 11.8 Å². The second-order valence-corrected chi connectivity index (χ2v) is 6.59. The maximum atomic E-state index is 13.6. The highest BCUT2D eigenvalue weighted by Gasteiger charge is 2.21. The van der Waals surface area contributed by atoms with Crippen LogP contribution in [0.4, 0.5) is 8.78 Å². The van der Waals surface area contributed by atoms with Gasteiger partial charge in [-0.1, -0.05) is 24.3 Å². The first kappa shape index (κ1) is 16.0. The number of hydrogen-bond donors (Lipinski definition) is 1. The molecule has 0 radical (unpaired) electrons. The molecule has 0 saturated heterocycles. The molecule has 0 unspecified atom stereocenters. The van der Waals surface area contributed by atoms with Crippen LogP contribution < -0.4 is 5.32 Å². The number of carbonyl (C=O) groups excluding carboxylic acids is 1. The molecule has 1 atom stereocenters. The van der Waals surface area contributed by atoms with Gasteiger partial charge >= 0.3 is 0 Å². The molecule has 120 valence electrons. The lowest BCUT2D eigenvalue weighted by Gasteiger charge is -2.26. The third-order valence-corrected chi connectivity index (χ3v) is 4.99. The smallest absolute Gasteiger partial charge is 0.230 e. The minimum Gasteiger partial charge on any atom is -0.349 e. The van der Waals surface area contributed by atoms with Gasteiger partial charge in [0, 0.05) is 4.90 Å². The lowest BCUT2D eigenvalue weighted by Crippen LogP contribution is -2.32. The molecule has 2 aromatic carbocycles. The van der Waals surface area contributed by atoms with Gasteiger partial charge in [-0.15, -0.1) is 11.8 Å². The maximum Gasteiger partial charge on any atom is 0.230 e. The van der Waals surface area contributed by atoms with Crippen molar-refractivity contribution in [1.29, 1.82) is 0 Å². The van der Waals surface area contributed by atoms with Crippen molar-refractivity contribution in [2.45, 2.75) is 30.2 Å². The summed E-state index contributed by atoms with van der Waals surface area (Å²) in [5.41, 5.74) is 2.43. The molecule has 1 N–H and O–H groups in total. The van der Waals surface area contributed by atoms with Crippen LogP contribution in [0, 0.1) is 11.6 Å². The minimum atomic E-state index is -0.507. The van der Waals surface area contributed by atoms with Crippen LogP contribution in [0.2, 0.25) is 0 Å². The van der Waals surface area contributed by atoms with Crippen molar-refractivity contribution in [3.63, 3.8) is 0 Å². The van der Waals surface area contributed by atoms with Gasteiger partial charge in [0.05, 0.1) is 11.8 Å². The SMILES string of the molecule is O=C(CSc1cc(F)ccc1F)N[C@@H]1CCCc2ccccc21. The zero-order chi connectivity index (χ0) is 16.2. The van der Waals surface area contributed by atoms with Crippen LogP contribution in [0.1, 0.15) is 30.0 Å². The molecule has 0 heterocycles. The first-order chi connectivity index (χ1) is 11.1. The molecule has 1 amide bonds. The number of halogens is 2. The van der Waals surface area contributed by atoms with E-state index in [-0.39, 0.29) is 22.6 Å². The van der Waals surface area contributed by atoms with Gasteiger partial charge in [-0.3, -0.25) is 4.79 Å². The van der Waals surface area contributed by atoms with Gasteiger partial charge in [-0.05, 0) is 48.6 Å². The van der Waals surface area contributed by atoms with Crippen molar-refractivity contribution in [1.82, 2.24) is 5.32 Å². The second-order valence-electron chi connectivity index (χ2n) is 5.57. The van der Waals surface area contributed by atoms with Gasteiger partial charge in [0.15, 0.2) is 0 Å². The molecule has 5 heteroatoms. The molecule has 0 aliphatic heterocycles. The van der Waals surface area contributed by atoms with E-state index in [1.54, 1.807) is 0 Å². The number of fused-ring (bicyclic) bond motifs is 1. The lowest BCUT2D eigenvalue weighted by atomic mass is 9.88. The Bertz CT molecular complexity index is 720. The van der Waals surface area contributed by atoms with Gasteiger partial charge in [0.25, 0.3) is 0 Å². The number of aryl methyl sites for hydroxylation is 1. The van der Waals surface area contributed by atoms with Gasteiger partial charge in [0.2, 0.25) is 5.91 Å². The summed E-state index contributed by atoms with van der Waals surface area (Å²) in [6.07, 6.45) is 2.97. The Hall–Kier alpha value is -1.88. The molecule has 1 aliphatic carbocycles. The van der Waals surface area contributed by atoms with E-state index in [9.17, 15) is 13.6 Å². The van der Waals surface area contributed by atoms with Crippen molar-refractivity contribution in [3.05, 3.63) is 65.2 Å². The van der Waals surface area contributed by atoms with Crippen LogP contribution in [0.15, 0.2) is 47.4 Å². The van der Waals surface area contributed by atoms with Gasteiger partial charge in [0.1, 0.15) is 11.6 Å². The van der Waals surface area contributed by atoms with E-state index >= 15 is 0 Å². The second kappa shape index (κ2) is 7.13. The molecular weight excluding hydrogens is 316 g/mol. The minimum absolute atomic E-state index is 0.00501. The van der Waals surface area contributed by atoms with E-state index in [0.29, 0.717) is 0 Å². The van der Waals surface area contributed by atoms with Crippen LogP contribution in [0.25, 0.3) is 0 Å². The zero-order valence-electron chi connectivity index (χ0n) is 12.5. The van der Waals surface area contributed by atoms with Crippen molar-refractivity contribution in [3.8, 4) is 0 Å². The number of thioether (sulfide) groups is 1. The monoisotopic (exact) mass is 333 g/mol. The Labute approximate surface area is 138 Å². The average Bonchev–Trinajstić information content (AvgIpc) is 2.56. The Morgan fingerprint density at radius 1 is 1.22 bits per heavy atom. The number of rotatable bonds is 4. The molecule has 0 spiro atoms. The van der Waals surface area contributed by atoms with Crippen molar-refractivity contribution >= 4 is 17.7 Å². The summed E-state index contributed by atoms with van der Waals surface area (Å²) < 4.78 is 26.7. The van der Waals surface area contributed by atoms with Crippen molar-refractivity contribution < 1.29 is 13.6 Å². The van der Waals surface area contributed by atoms with E-state index in [0.717, 1.165) is 54.8 Å². The molecule has 2 nitrogen and oxygen atoms in total. The van der Waals surface area contributed by atoms with Gasteiger partial charge < -0.3 is 5.32 Å². The van der Waals surface area contributed by atoms with Crippen LogP contribution in [-0.4, -0.2) is 11.7 Å². The van der Waals surface area contributed by atoms with E-state index in [1.165, 1.54) is 5.56 Å². The summed E-state index contributed by atoms with van der Waals surface area (Å²) in [5, 5.41) is 3.00. The molecular formula is C18H17F2NOS. The van der Waals surface area contributed by atoms with Gasteiger partial charge in [-0.25, -0.2) is 8.78 Å². The summed E-state index contributed by atoms with van der Waals surface area (Å²) in [6.45, 7) is 0. The fraction of sp³-hybridized carbons (Fsp3) is 0.278. The quantitative estimate of drug-likeness (QED) is 0.848. The molecule has 0 saturated carbocycles.